The number of aromatic nitrogens is 2. The number of ether oxygens (including phenoxy) is 1. The van der Waals surface area contributed by atoms with Crippen LogP contribution in [0.5, 0.6) is 5.75 Å². The third-order valence-electron chi connectivity index (χ3n) is 6.30. The molecule has 0 aliphatic heterocycles. The highest BCUT2D eigenvalue weighted by molar-refractivity contribution is 7.98. The zero-order valence-corrected chi connectivity index (χ0v) is 21.8. The maximum atomic E-state index is 13.8. The number of fused-ring (bicyclic) bond motifs is 3. The van der Waals surface area contributed by atoms with Gasteiger partial charge in [-0.2, -0.15) is 0 Å². The summed E-state index contributed by atoms with van der Waals surface area (Å²) in [5, 5.41) is 1.55. The van der Waals surface area contributed by atoms with E-state index < -0.39 is 0 Å². The maximum Gasteiger partial charge on any atom is 0.267 e. The van der Waals surface area contributed by atoms with E-state index in [2.05, 4.69) is 45.0 Å². The summed E-state index contributed by atoms with van der Waals surface area (Å²) in [6.45, 7) is 9.26. The average molecular weight is 491 g/mol. The number of nitrogens with zero attached hydrogens (tertiary/aromatic N) is 2. The minimum absolute atomic E-state index is 0.0409. The van der Waals surface area contributed by atoms with Crippen molar-refractivity contribution in [3.8, 4) is 11.4 Å². The molecule has 0 unspecified atom stereocenters. The van der Waals surface area contributed by atoms with Gasteiger partial charge in [0.1, 0.15) is 10.6 Å². The second-order valence-corrected chi connectivity index (χ2v) is 11.8. The molecule has 34 heavy (non-hydrogen) atoms. The molecule has 1 aliphatic rings. The Morgan fingerprint density at radius 2 is 1.79 bits per heavy atom. The van der Waals surface area contributed by atoms with Crippen molar-refractivity contribution in [1.82, 2.24) is 9.55 Å². The number of rotatable bonds is 6. The van der Waals surface area contributed by atoms with Gasteiger partial charge in [-0.05, 0) is 72.6 Å². The van der Waals surface area contributed by atoms with Gasteiger partial charge < -0.3 is 4.74 Å². The lowest BCUT2D eigenvalue weighted by Gasteiger charge is -2.19. The Balaban J connectivity index is 1.54. The highest BCUT2D eigenvalue weighted by Gasteiger charge is 2.24. The first-order chi connectivity index (χ1) is 16.3. The summed E-state index contributed by atoms with van der Waals surface area (Å²) in [5.41, 5.74) is 4.75. The number of thioether (sulfide) groups is 1. The first-order valence-corrected chi connectivity index (χ1v) is 13.7. The number of thiophene rings is 1. The van der Waals surface area contributed by atoms with Crippen molar-refractivity contribution in [3.05, 3.63) is 80.5 Å². The van der Waals surface area contributed by atoms with E-state index in [1.54, 1.807) is 27.7 Å². The fraction of sp³-hybridized carbons (Fsp3) is 0.357. The Bertz CT molecular complexity index is 1380. The summed E-state index contributed by atoms with van der Waals surface area (Å²) in [6.07, 6.45) is 3.16. The van der Waals surface area contributed by atoms with Gasteiger partial charge in [0.15, 0.2) is 5.16 Å². The standard InChI is InChI=1S/C28H30N2O2S2/c1-5-32-21-15-13-20(14-16-21)30-26(31)24-22-7-6-8-23(22)34-25(24)29-27(30)33-17-18-9-11-19(12-10-18)28(2,3)4/h9-16H,5-8,17H2,1-4H3. The largest absolute Gasteiger partial charge is 0.494 e. The monoisotopic (exact) mass is 490 g/mol. The number of hydrogen-bond acceptors (Lipinski definition) is 5. The van der Waals surface area contributed by atoms with E-state index in [1.807, 2.05) is 31.2 Å². The fourth-order valence-corrected chi connectivity index (χ4v) is 6.73. The van der Waals surface area contributed by atoms with Crippen LogP contribution in [0.2, 0.25) is 0 Å². The molecule has 2 heterocycles. The molecule has 2 aromatic heterocycles. The summed E-state index contributed by atoms with van der Waals surface area (Å²) < 4.78 is 7.40. The second kappa shape index (κ2) is 9.23. The van der Waals surface area contributed by atoms with Gasteiger partial charge in [0.2, 0.25) is 0 Å². The smallest absolute Gasteiger partial charge is 0.267 e. The Labute approximate surface area is 209 Å². The molecule has 0 spiro atoms. The van der Waals surface area contributed by atoms with Crippen LogP contribution in [0.1, 0.15) is 55.7 Å². The van der Waals surface area contributed by atoms with Crippen LogP contribution in [0, 0.1) is 0 Å². The fourth-order valence-electron chi connectivity index (χ4n) is 4.46. The number of hydrogen-bond donors (Lipinski definition) is 0. The van der Waals surface area contributed by atoms with E-state index in [0.717, 1.165) is 51.8 Å². The van der Waals surface area contributed by atoms with Crippen LogP contribution >= 0.6 is 23.1 Å². The van der Waals surface area contributed by atoms with Crippen LogP contribution in [-0.4, -0.2) is 16.2 Å². The molecule has 0 fully saturated rings. The summed E-state index contributed by atoms with van der Waals surface area (Å²) >= 11 is 3.32. The molecule has 6 heteroatoms. The first kappa shape index (κ1) is 23.2. The zero-order valence-electron chi connectivity index (χ0n) is 20.2. The molecule has 4 nitrogen and oxygen atoms in total. The van der Waals surface area contributed by atoms with Gasteiger partial charge in [-0.3, -0.25) is 9.36 Å². The molecule has 5 rings (SSSR count). The van der Waals surface area contributed by atoms with Crippen LogP contribution in [0.15, 0.2) is 58.5 Å². The lowest BCUT2D eigenvalue weighted by molar-refractivity contribution is 0.340. The molecule has 0 saturated carbocycles. The zero-order chi connectivity index (χ0) is 23.9. The van der Waals surface area contributed by atoms with E-state index in [1.165, 1.54) is 21.6 Å². The van der Waals surface area contributed by atoms with Gasteiger partial charge in [-0.1, -0.05) is 56.8 Å². The van der Waals surface area contributed by atoms with E-state index in [4.69, 9.17) is 9.72 Å². The first-order valence-electron chi connectivity index (χ1n) is 11.9. The van der Waals surface area contributed by atoms with Crippen molar-refractivity contribution in [3.63, 3.8) is 0 Å². The average Bonchev–Trinajstić information content (AvgIpc) is 3.39. The van der Waals surface area contributed by atoms with Gasteiger partial charge in [0.25, 0.3) is 5.56 Å². The maximum absolute atomic E-state index is 13.8. The normalized spacial score (nSPS) is 13.4. The van der Waals surface area contributed by atoms with Gasteiger partial charge in [0, 0.05) is 10.6 Å². The van der Waals surface area contributed by atoms with E-state index in [0.29, 0.717) is 6.61 Å². The molecule has 4 aromatic rings. The quantitative estimate of drug-likeness (QED) is 0.217. The molecule has 1 aliphatic carbocycles. The second-order valence-electron chi connectivity index (χ2n) is 9.73. The molecule has 0 bridgehead atoms. The van der Waals surface area contributed by atoms with Crippen molar-refractivity contribution in [1.29, 1.82) is 0 Å². The molecule has 2 aromatic carbocycles. The third-order valence-corrected chi connectivity index (χ3v) is 8.50. The van der Waals surface area contributed by atoms with Crippen molar-refractivity contribution in [2.45, 2.75) is 63.3 Å². The van der Waals surface area contributed by atoms with Crippen molar-refractivity contribution < 1.29 is 4.74 Å². The summed E-state index contributed by atoms with van der Waals surface area (Å²) in [5.74, 6) is 1.56. The van der Waals surface area contributed by atoms with Crippen LogP contribution in [0.3, 0.4) is 0 Å². The van der Waals surface area contributed by atoms with E-state index in [9.17, 15) is 4.79 Å². The molecule has 0 N–H and O–H groups in total. The van der Waals surface area contributed by atoms with Gasteiger partial charge in [-0.15, -0.1) is 11.3 Å². The molecular formula is C28H30N2O2S2. The molecule has 176 valence electrons. The summed E-state index contributed by atoms with van der Waals surface area (Å²) in [7, 11) is 0. The van der Waals surface area contributed by atoms with Crippen LogP contribution < -0.4 is 10.3 Å². The molecule has 0 radical (unpaired) electrons. The predicted octanol–water partition coefficient (Wildman–Crippen LogP) is 6.92. The SMILES string of the molecule is CCOc1ccc(-n2c(SCc3ccc(C(C)(C)C)cc3)nc3sc4c(c3c2=O)CCC4)cc1. The highest BCUT2D eigenvalue weighted by atomic mass is 32.2. The number of benzene rings is 2. The van der Waals surface area contributed by atoms with E-state index >= 15 is 0 Å². The summed E-state index contributed by atoms with van der Waals surface area (Å²) in [4.78, 5) is 21.1. The molecule has 0 saturated heterocycles. The van der Waals surface area contributed by atoms with E-state index in [-0.39, 0.29) is 11.0 Å². The minimum Gasteiger partial charge on any atom is -0.494 e. The van der Waals surface area contributed by atoms with Gasteiger partial charge in [-0.25, -0.2) is 4.98 Å². The molecule has 0 atom stereocenters. The Hall–Kier alpha value is -2.57. The van der Waals surface area contributed by atoms with Crippen LogP contribution in [0.4, 0.5) is 0 Å². The van der Waals surface area contributed by atoms with Gasteiger partial charge in [0.05, 0.1) is 17.7 Å². The van der Waals surface area contributed by atoms with Crippen molar-refractivity contribution in [2.24, 2.45) is 0 Å². The topological polar surface area (TPSA) is 44.1 Å². The third kappa shape index (κ3) is 4.41. The van der Waals surface area contributed by atoms with Crippen LogP contribution in [-0.2, 0) is 24.0 Å². The molecule has 0 amide bonds. The Kier molecular flexibility index (Phi) is 6.30. The van der Waals surface area contributed by atoms with Crippen molar-refractivity contribution in [2.75, 3.05) is 6.61 Å². The number of aryl methyl sites for hydroxylation is 2. The Morgan fingerprint density at radius 1 is 1.06 bits per heavy atom. The van der Waals surface area contributed by atoms with Crippen molar-refractivity contribution >= 4 is 33.3 Å². The summed E-state index contributed by atoms with van der Waals surface area (Å²) in [6, 6.07) is 16.5. The van der Waals surface area contributed by atoms with Gasteiger partial charge >= 0.3 is 0 Å². The minimum atomic E-state index is 0.0409. The van der Waals surface area contributed by atoms with Crippen LogP contribution in [0.25, 0.3) is 15.9 Å². The predicted molar refractivity (Wildman–Crippen MR) is 143 cm³/mol. The Morgan fingerprint density at radius 3 is 2.47 bits per heavy atom. The lowest BCUT2D eigenvalue weighted by atomic mass is 9.87. The lowest BCUT2D eigenvalue weighted by Crippen LogP contribution is -2.21. The highest BCUT2D eigenvalue weighted by Crippen LogP contribution is 2.36. The molecular weight excluding hydrogens is 460 g/mol.